The molecule has 0 saturated carbocycles. The number of aryl methyl sites for hydroxylation is 1. The van der Waals surface area contributed by atoms with Crippen molar-refractivity contribution in [3.05, 3.63) is 43.5 Å². The summed E-state index contributed by atoms with van der Waals surface area (Å²) in [5, 5.41) is 0.979. The summed E-state index contributed by atoms with van der Waals surface area (Å²) >= 11 is 1.46. The van der Waals surface area contributed by atoms with Gasteiger partial charge in [-0.15, -0.1) is 11.3 Å². The fraction of sp³-hybridized carbons (Fsp3) is 0.467. The van der Waals surface area contributed by atoms with E-state index in [4.69, 9.17) is 0 Å². The molecule has 1 amide bonds. The van der Waals surface area contributed by atoms with Crippen molar-refractivity contribution in [3.63, 3.8) is 0 Å². The van der Waals surface area contributed by atoms with Gasteiger partial charge >= 0.3 is 0 Å². The molecule has 0 saturated heterocycles. The lowest BCUT2D eigenvalue weighted by atomic mass is 10.1. The number of H-pyrrole nitrogens is 1. The number of nitrogens with one attached hydrogen (secondary N) is 1. The zero-order chi connectivity index (χ0) is 15.9. The maximum atomic E-state index is 12.7. The molecular weight excluding hydrogens is 300 g/mol. The molecule has 0 radical (unpaired) electrons. The maximum Gasteiger partial charge on any atom is 0.266 e. The van der Waals surface area contributed by atoms with E-state index in [0.717, 1.165) is 10.7 Å². The number of amides is 1. The van der Waals surface area contributed by atoms with Crippen molar-refractivity contribution in [2.24, 2.45) is 0 Å². The maximum absolute atomic E-state index is 12.7. The van der Waals surface area contributed by atoms with Crippen LogP contribution in [0, 0.1) is 6.92 Å². The first-order valence-corrected chi connectivity index (χ1v) is 8.11. The zero-order valence-corrected chi connectivity index (χ0v) is 13.7. The van der Waals surface area contributed by atoms with Crippen LogP contribution in [0.4, 0.5) is 0 Å². The molecule has 0 spiro atoms. The van der Waals surface area contributed by atoms with E-state index in [1.807, 2.05) is 6.92 Å². The molecule has 1 aliphatic heterocycles. The van der Waals surface area contributed by atoms with Crippen molar-refractivity contribution in [3.8, 4) is 0 Å². The van der Waals surface area contributed by atoms with Gasteiger partial charge in [-0.2, -0.15) is 0 Å². The predicted octanol–water partition coefficient (Wildman–Crippen LogP) is 1.86. The third-order valence-corrected chi connectivity index (χ3v) is 5.25. The van der Waals surface area contributed by atoms with Crippen molar-refractivity contribution >= 4 is 17.2 Å². The van der Waals surface area contributed by atoms with E-state index in [-0.39, 0.29) is 11.5 Å². The molecule has 0 bridgehead atoms. The molecule has 7 heteroatoms. The summed E-state index contributed by atoms with van der Waals surface area (Å²) in [5.74, 6) is 0.294. The second-order valence-corrected chi connectivity index (χ2v) is 6.79. The fourth-order valence-electron chi connectivity index (χ4n) is 2.55. The minimum absolute atomic E-state index is 0.0189. The molecular formula is C15H18N4O2S. The number of aromatic nitrogens is 3. The van der Waals surface area contributed by atoms with E-state index >= 15 is 0 Å². The van der Waals surface area contributed by atoms with Gasteiger partial charge in [0.15, 0.2) is 0 Å². The molecule has 1 N–H and O–H groups in total. The van der Waals surface area contributed by atoms with Gasteiger partial charge in [0.05, 0.1) is 29.3 Å². The van der Waals surface area contributed by atoms with E-state index in [9.17, 15) is 9.59 Å². The highest BCUT2D eigenvalue weighted by molar-refractivity contribution is 7.13. The highest BCUT2D eigenvalue weighted by atomic mass is 32.1. The molecule has 116 valence electrons. The van der Waals surface area contributed by atoms with Gasteiger partial charge in [0.25, 0.3) is 11.5 Å². The lowest BCUT2D eigenvalue weighted by molar-refractivity contribution is 0.0735. The monoisotopic (exact) mass is 318 g/mol. The Hall–Kier alpha value is -2.02. The second kappa shape index (κ2) is 5.64. The normalized spacial score (nSPS) is 14.3. The first kappa shape index (κ1) is 14.9. The predicted molar refractivity (Wildman–Crippen MR) is 84.2 cm³/mol. The summed E-state index contributed by atoms with van der Waals surface area (Å²) in [6.07, 6.45) is 1.93. The van der Waals surface area contributed by atoms with E-state index in [2.05, 4.69) is 28.8 Å². The number of rotatable bonds is 2. The molecule has 22 heavy (non-hydrogen) atoms. The Morgan fingerprint density at radius 1 is 1.45 bits per heavy atom. The van der Waals surface area contributed by atoms with Crippen molar-refractivity contribution in [1.29, 1.82) is 0 Å². The Bertz CT molecular complexity index is 778. The van der Waals surface area contributed by atoms with Crippen LogP contribution < -0.4 is 5.56 Å². The number of aromatic amines is 1. The van der Waals surface area contributed by atoms with Crippen LogP contribution in [0.25, 0.3) is 0 Å². The molecule has 0 fully saturated rings. The van der Waals surface area contributed by atoms with Gasteiger partial charge in [-0.25, -0.2) is 9.97 Å². The number of thiazole rings is 1. The van der Waals surface area contributed by atoms with Crippen LogP contribution in [-0.2, 0) is 13.0 Å². The molecule has 1 aliphatic rings. The number of carbonyl (C=O) groups is 1. The summed E-state index contributed by atoms with van der Waals surface area (Å²) in [5.41, 5.74) is 2.06. The Labute approximate surface area is 132 Å². The summed E-state index contributed by atoms with van der Waals surface area (Å²) in [7, 11) is 0. The third kappa shape index (κ3) is 2.56. The average Bonchev–Trinajstić information content (AvgIpc) is 2.88. The molecule has 3 rings (SSSR count). The molecule has 2 aromatic rings. The second-order valence-electron chi connectivity index (χ2n) is 5.75. The summed E-state index contributed by atoms with van der Waals surface area (Å²) < 4.78 is 0. The molecule has 2 aromatic heterocycles. The molecule has 0 aromatic carbocycles. The van der Waals surface area contributed by atoms with Gasteiger partial charge < -0.3 is 9.88 Å². The van der Waals surface area contributed by atoms with Crippen LogP contribution in [0.1, 0.15) is 51.4 Å². The van der Waals surface area contributed by atoms with Gasteiger partial charge in [0.1, 0.15) is 4.88 Å². The van der Waals surface area contributed by atoms with Crippen molar-refractivity contribution in [2.75, 3.05) is 6.54 Å². The summed E-state index contributed by atoms with van der Waals surface area (Å²) in [6.45, 7) is 6.93. The average molecular weight is 318 g/mol. The van der Waals surface area contributed by atoms with Crippen molar-refractivity contribution in [1.82, 2.24) is 19.9 Å². The minimum atomic E-state index is -0.104. The first-order chi connectivity index (χ1) is 10.5. The van der Waals surface area contributed by atoms with Crippen LogP contribution >= 0.6 is 11.3 Å². The fourth-order valence-corrected chi connectivity index (χ4v) is 3.58. The summed E-state index contributed by atoms with van der Waals surface area (Å²) in [4.78, 5) is 38.2. The van der Waals surface area contributed by atoms with Crippen molar-refractivity contribution in [2.45, 2.75) is 39.7 Å². The summed E-state index contributed by atoms with van der Waals surface area (Å²) in [6, 6.07) is 0. The third-order valence-electron chi connectivity index (χ3n) is 3.80. The number of hydrogen-bond acceptors (Lipinski definition) is 5. The number of nitrogens with zero attached hydrogens (tertiary/aromatic N) is 3. The highest BCUT2D eigenvalue weighted by Gasteiger charge is 2.27. The molecule has 0 aliphatic carbocycles. The van der Waals surface area contributed by atoms with Crippen LogP contribution in [0.3, 0.4) is 0 Å². The van der Waals surface area contributed by atoms with E-state index < -0.39 is 0 Å². The molecule has 0 atom stereocenters. The highest BCUT2D eigenvalue weighted by Crippen LogP contribution is 2.27. The van der Waals surface area contributed by atoms with Gasteiger partial charge in [0, 0.05) is 18.0 Å². The molecule has 6 nitrogen and oxygen atoms in total. The van der Waals surface area contributed by atoms with Gasteiger partial charge in [-0.1, -0.05) is 13.8 Å². The smallest absolute Gasteiger partial charge is 0.266 e. The van der Waals surface area contributed by atoms with Crippen molar-refractivity contribution < 1.29 is 4.79 Å². The Morgan fingerprint density at radius 2 is 2.23 bits per heavy atom. The van der Waals surface area contributed by atoms with Crippen LogP contribution in [0.2, 0.25) is 0 Å². The zero-order valence-electron chi connectivity index (χ0n) is 12.8. The Kier molecular flexibility index (Phi) is 3.82. The van der Waals surface area contributed by atoms with Crippen LogP contribution in [-0.4, -0.2) is 32.3 Å². The standard InChI is InChI=1S/C15H18N4O2S/c1-8(2)14-18-9(3)12(22-14)15(21)19-5-4-10-11(6-19)16-7-17-13(10)20/h7-8H,4-6H2,1-3H3,(H,16,17,20). The van der Waals surface area contributed by atoms with Gasteiger partial charge in [0.2, 0.25) is 0 Å². The number of hydrogen-bond donors (Lipinski definition) is 1. The van der Waals surface area contributed by atoms with Gasteiger partial charge in [-0.3, -0.25) is 9.59 Å². The quantitative estimate of drug-likeness (QED) is 0.916. The van der Waals surface area contributed by atoms with E-state index in [1.165, 1.54) is 17.7 Å². The lowest BCUT2D eigenvalue weighted by Gasteiger charge is -2.27. The number of carbonyl (C=O) groups excluding carboxylic acids is 1. The lowest BCUT2D eigenvalue weighted by Crippen LogP contribution is -2.38. The number of fused-ring (bicyclic) bond motifs is 1. The van der Waals surface area contributed by atoms with E-state index in [0.29, 0.717) is 41.6 Å². The van der Waals surface area contributed by atoms with E-state index in [1.54, 1.807) is 4.90 Å². The minimum Gasteiger partial charge on any atom is -0.332 e. The largest absolute Gasteiger partial charge is 0.332 e. The van der Waals surface area contributed by atoms with Crippen LogP contribution in [0.15, 0.2) is 11.1 Å². The molecule has 0 unspecified atom stereocenters. The van der Waals surface area contributed by atoms with Gasteiger partial charge in [-0.05, 0) is 13.3 Å². The topological polar surface area (TPSA) is 79.0 Å². The van der Waals surface area contributed by atoms with Crippen LogP contribution in [0.5, 0.6) is 0 Å². The molecule has 3 heterocycles. The SMILES string of the molecule is Cc1nc(C(C)C)sc1C(=O)N1CCc2c(nc[nH]c2=O)C1. The first-order valence-electron chi connectivity index (χ1n) is 7.29. The Morgan fingerprint density at radius 3 is 2.91 bits per heavy atom. The Balaban J connectivity index is 1.87.